The molecule has 142 valence electrons. The summed E-state index contributed by atoms with van der Waals surface area (Å²) in [6.45, 7) is 7.39. The van der Waals surface area contributed by atoms with Crippen molar-refractivity contribution in [2.75, 3.05) is 19.8 Å². The van der Waals surface area contributed by atoms with Crippen LogP contribution in [0, 0.1) is 12.8 Å². The van der Waals surface area contributed by atoms with Gasteiger partial charge in [0.1, 0.15) is 0 Å². The zero-order chi connectivity index (χ0) is 19.5. The summed E-state index contributed by atoms with van der Waals surface area (Å²) in [6, 6.07) is 7.50. The number of aryl methyl sites for hydroxylation is 1. The first-order valence-electron chi connectivity index (χ1n) is 8.70. The van der Waals surface area contributed by atoms with Crippen LogP contribution in [0.15, 0.2) is 29.8 Å². The maximum atomic E-state index is 12.3. The highest BCUT2D eigenvalue weighted by Crippen LogP contribution is 2.20. The van der Waals surface area contributed by atoms with Crippen molar-refractivity contribution in [1.82, 2.24) is 0 Å². The highest BCUT2D eigenvalue weighted by molar-refractivity contribution is 5.99. The van der Waals surface area contributed by atoms with Crippen molar-refractivity contribution in [3.05, 3.63) is 41.0 Å². The summed E-state index contributed by atoms with van der Waals surface area (Å²) in [5, 5.41) is 0. The molecule has 0 aliphatic carbocycles. The molecule has 0 spiro atoms. The van der Waals surface area contributed by atoms with Gasteiger partial charge < -0.3 is 14.2 Å². The monoisotopic (exact) mass is 362 g/mol. The SMILES string of the molecule is CCOC(=O)/C(=C\c1ccc(C)cc1)CC(C(=O)OCC)C(=O)OCC. The highest BCUT2D eigenvalue weighted by atomic mass is 16.6. The van der Waals surface area contributed by atoms with Gasteiger partial charge in [-0.25, -0.2) is 4.79 Å². The molecule has 0 unspecified atom stereocenters. The van der Waals surface area contributed by atoms with Gasteiger partial charge in [-0.1, -0.05) is 29.8 Å². The van der Waals surface area contributed by atoms with E-state index in [0.29, 0.717) is 0 Å². The number of hydrogen-bond donors (Lipinski definition) is 0. The fraction of sp³-hybridized carbons (Fsp3) is 0.450. The predicted molar refractivity (Wildman–Crippen MR) is 97.2 cm³/mol. The Kier molecular flexibility index (Phi) is 9.12. The molecule has 0 aliphatic rings. The summed E-state index contributed by atoms with van der Waals surface area (Å²) in [4.78, 5) is 36.7. The predicted octanol–water partition coefficient (Wildman–Crippen LogP) is 3.07. The Labute approximate surface area is 154 Å². The van der Waals surface area contributed by atoms with E-state index in [1.807, 2.05) is 31.2 Å². The number of rotatable bonds is 9. The first-order chi connectivity index (χ1) is 12.4. The van der Waals surface area contributed by atoms with Gasteiger partial charge in [0.15, 0.2) is 5.92 Å². The van der Waals surface area contributed by atoms with E-state index in [-0.39, 0.29) is 31.8 Å². The number of hydrogen-bond acceptors (Lipinski definition) is 6. The van der Waals surface area contributed by atoms with Gasteiger partial charge in [-0.15, -0.1) is 0 Å². The Morgan fingerprint density at radius 2 is 1.38 bits per heavy atom. The second-order valence-electron chi connectivity index (χ2n) is 5.56. The summed E-state index contributed by atoms with van der Waals surface area (Å²) in [6.07, 6.45) is 1.47. The molecular weight excluding hydrogens is 336 g/mol. The average molecular weight is 362 g/mol. The maximum Gasteiger partial charge on any atom is 0.334 e. The minimum atomic E-state index is -1.21. The largest absolute Gasteiger partial charge is 0.465 e. The van der Waals surface area contributed by atoms with Crippen LogP contribution in [0.1, 0.15) is 38.3 Å². The van der Waals surface area contributed by atoms with Gasteiger partial charge in [-0.3, -0.25) is 9.59 Å². The summed E-state index contributed by atoms with van der Waals surface area (Å²) in [5.41, 5.74) is 2.06. The molecule has 0 saturated carbocycles. The molecule has 1 rings (SSSR count). The number of carbonyl (C=O) groups is 3. The fourth-order valence-electron chi connectivity index (χ4n) is 2.26. The molecule has 0 fully saturated rings. The van der Waals surface area contributed by atoms with Crippen molar-refractivity contribution < 1.29 is 28.6 Å². The topological polar surface area (TPSA) is 78.9 Å². The van der Waals surface area contributed by atoms with Crippen molar-refractivity contribution in [2.24, 2.45) is 5.92 Å². The zero-order valence-corrected chi connectivity index (χ0v) is 15.7. The van der Waals surface area contributed by atoms with Crippen LogP contribution in [-0.2, 0) is 28.6 Å². The summed E-state index contributed by atoms with van der Waals surface area (Å²) in [7, 11) is 0. The van der Waals surface area contributed by atoms with Crippen LogP contribution in [0.4, 0.5) is 0 Å². The van der Waals surface area contributed by atoms with Crippen LogP contribution in [0.3, 0.4) is 0 Å². The van der Waals surface area contributed by atoms with Gasteiger partial charge in [0.05, 0.1) is 19.8 Å². The Morgan fingerprint density at radius 3 is 1.85 bits per heavy atom. The quantitative estimate of drug-likeness (QED) is 0.291. The lowest BCUT2D eigenvalue weighted by Gasteiger charge is -2.16. The van der Waals surface area contributed by atoms with Crippen LogP contribution in [-0.4, -0.2) is 37.7 Å². The van der Waals surface area contributed by atoms with Crippen LogP contribution >= 0.6 is 0 Å². The summed E-state index contributed by atoms with van der Waals surface area (Å²) in [5.74, 6) is -3.22. The Bertz CT molecular complexity index is 627. The van der Waals surface area contributed by atoms with Crippen LogP contribution in [0.2, 0.25) is 0 Å². The lowest BCUT2D eigenvalue weighted by molar-refractivity contribution is -0.161. The standard InChI is InChI=1S/C20H26O6/c1-5-24-18(21)16(12-15-10-8-14(4)9-11-15)13-17(19(22)25-6-2)20(23)26-7-3/h8-12,17H,5-7,13H2,1-4H3/b16-12-. The van der Waals surface area contributed by atoms with E-state index in [9.17, 15) is 14.4 Å². The molecule has 0 aromatic heterocycles. The molecular formula is C20H26O6. The molecule has 0 heterocycles. The minimum absolute atomic E-state index is 0.130. The number of ether oxygens (including phenoxy) is 3. The Balaban J connectivity index is 3.17. The molecule has 1 aromatic rings. The van der Waals surface area contributed by atoms with Gasteiger partial charge in [0.2, 0.25) is 0 Å². The van der Waals surface area contributed by atoms with Gasteiger partial charge in [-0.05, 0) is 39.3 Å². The Hall–Kier alpha value is -2.63. The lowest BCUT2D eigenvalue weighted by Crippen LogP contribution is -2.29. The van der Waals surface area contributed by atoms with Crippen molar-refractivity contribution in [2.45, 2.75) is 34.1 Å². The second kappa shape index (κ2) is 11.1. The maximum absolute atomic E-state index is 12.3. The number of carbonyl (C=O) groups excluding carboxylic acids is 3. The normalized spacial score (nSPS) is 11.2. The van der Waals surface area contributed by atoms with Crippen molar-refractivity contribution in [3.8, 4) is 0 Å². The molecule has 0 amide bonds. The lowest BCUT2D eigenvalue weighted by atomic mass is 9.97. The van der Waals surface area contributed by atoms with E-state index in [0.717, 1.165) is 11.1 Å². The minimum Gasteiger partial charge on any atom is -0.465 e. The number of benzene rings is 1. The molecule has 6 nitrogen and oxygen atoms in total. The van der Waals surface area contributed by atoms with Gasteiger partial charge >= 0.3 is 17.9 Å². The van der Waals surface area contributed by atoms with E-state index < -0.39 is 23.8 Å². The van der Waals surface area contributed by atoms with E-state index in [4.69, 9.17) is 14.2 Å². The van der Waals surface area contributed by atoms with Crippen molar-refractivity contribution in [3.63, 3.8) is 0 Å². The van der Waals surface area contributed by atoms with Gasteiger partial charge in [-0.2, -0.15) is 0 Å². The molecule has 0 radical (unpaired) electrons. The smallest absolute Gasteiger partial charge is 0.334 e. The highest BCUT2D eigenvalue weighted by Gasteiger charge is 2.32. The van der Waals surface area contributed by atoms with Gasteiger partial charge in [0.25, 0.3) is 0 Å². The molecule has 6 heteroatoms. The summed E-state index contributed by atoms with van der Waals surface area (Å²) < 4.78 is 15.0. The third kappa shape index (κ3) is 6.70. The summed E-state index contributed by atoms with van der Waals surface area (Å²) >= 11 is 0. The third-order valence-corrected chi connectivity index (χ3v) is 3.52. The van der Waals surface area contributed by atoms with E-state index in [2.05, 4.69) is 0 Å². The third-order valence-electron chi connectivity index (χ3n) is 3.52. The average Bonchev–Trinajstić information content (AvgIpc) is 2.60. The molecule has 0 N–H and O–H groups in total. The molecule has 26 heavy (non-hydrogen) atoms. The van der Waals surface area contributed by atoms with E-state index in [1.54, 1.807) is 26.8 Å². The Morgan fingerprint density at radius 1 is 0.885 bits per heavy atom. The number of esters is 3. The van der Waals surface area contributed by atoms with Crippen LogP contribution in [0.25, 0.3) is 6.08 Å². The zero-order valence-electron chi connectivity index (χ0n) is 15.7. The first-order valence-corrected chi connectivity index (χ1v) is 8.70. The molecule has 0 aliphatic heterocycles. The van der Waals surface area contributed by atoms with Gasteiger partial charge in [0, 0.05) is 12.0 Å². The van der Waals surface area contributed by atoms with Crippen molar-refractivity contribution >= 4 is 24.0 Å². The molecule has 0 bridgehead atoms. The first kappa shape index (κ1) is 21.4. The molecule has 0 atom stereocenters. The fourth-order valence-corrected chi connectivity index (χ4v) is 2.26. The van der Waals surface area contributed by atoms with E-state index >= 15 is 0 Å². The van der Waals surface area contributed by atoms with Crippen LogP contribution in [0.5, 0.6) is 0 Å². The molecule has 0 saturated heterocycles. The van der Waals surface area contributed by atoms with Crippen LogP contribution < -0.4 is 0 Å². The molecule has 1 aromatic carbocycles. The second-order valence-corrected chi connectivity index (χ2v) is 5.56. The van der Waals surface area contributed by atoms with Crippen molar-refractivity contribution in [1.29, 1.82) is 0 Å². The van der Waals surface area contributed by atoms with E-state index in [1.165, 1.54) is 0 Å².